The van der Waals surface area contributed by atoms with Gasteiger partial charge in [-0.15, -0.1) is 0 Å². The summed E-state index contributed by atoms with van der Waals surface area (Å²) in [6.45, 7) is 0. The summed E-state index contributed by atoms with van der Waals surface area (Å²) < 4.78 is 0. The largest absolute Gasteiger partial charge is 0.391 e. The minimum Gasteiger partial charge on any atom is -0.391 e. The second kappa shape index (κ2) is 5.04. The van der Waals surface area contributed by atoms with Gasteiger partial charge in [0, 0.05) is 18.5 Å². The van der Waals surface area contributed by atoms with E-state index < -0.39 is 11.5 Å². The molecule has 2 fully saturated rings. The van der Waals surface area contributed by atoms with Crippen LogP contribution in [-0.2, 0) is 0 Å². The molecule has 0 unspecified atom stereocenters. The SMILES string of the molecule is N#CC1(C#N)C[C@H](NC2CCCCC2)[C@@H](O)C1. The third kappa shape index (κ3) is 2.60. The third-order valence-electron chi connectivity index (χ3n) is 4.07. The molecule has 0 spiro atoms. The summed E-state index contributed by atoms with van der Waals surface area (Å²) in [5.74, 6) is 0. The minimum atomic E-state index is -0.980. The molecule has 2 saturated carbocycles. The molecule has 2 atom stereocenters. The predicted octanol–water partition coefficient (Wildman–Crippen LogP) is 1.47. The van der Waals surface area contributed by atoms with Gasteiger partial charge in [0.15, 0.2) is 0 Å². The van der Waals surface area contributed by atoms with E-state index >= 15 is 0 Å². The molecule has 2 aliphatic carbocycles. The molecular weight excluding hydrogens is 214 g/mol. The fourth-order valence-corrected chi connectivity index (χ4v) is 3.04. The summed E-state index contributed by atoms with van der Waals surface area (Å²) in [5.41, 5.74) is -0.980. The molecule has 2 aliphatic rings. The Kier molecular flexibility index (Phi) is 3.66. The first kappa shape index (κ1) is 12.4. The zero-order valence-electron chi connectivity index (χ0n) is 10.0. The molecule has 0 bridgehead atoms. The number of hydrogen-bond donors (Lipinski definition) is 2. The van der Waals surface area contributed by atoms with E-state index in [1.807, 2.05) is 0 Å². The fourth-order valence-electron chi connectivity index (χ4n) is 3.04. The van der Waals surface area contributed by atoms with Crippen LogP contribution in [-0.4, -0.2) is 23.3 Å². The average molecular weight is 233 g/mol. The lowest BCUT2D eigenvalue weighted by atomic mass is 9.89. The molecular formula is C13H19N3O. The third-order valence-corrected chi connectivity index (χ3v) is 4.07. The quantitative estimate of drug-likeness (QED) is 0.756. The Labute approximate surface area is 102 Å². The lowest BCUT2D eigenvalue weighted by Crippen LogP contribution is -2.43. The molecule has 4 nitrogen and oxygen atoms in total. The summed E-state index contributed by atoms with van der Waals surface area (Å²) in [4.78, 5) is 0. The standard InChI is InChI=1S/C13H19N3O/c14-8-13(9-15)6-11(12(17)7-13)16-10-4-2-1-3-5-10/h10-12,16-17H,1-7H2/t11-,12-/m0/s1. The van der Waals surface area contributed by atoms with Crippen molar-refractivity contribution in [2.45, 2.75) is 63.1 Å². The lowest BCUT2D eigenvalue weighted by Gasteiger charge is -2.27. The van der Waals surface area contributed by atoms with E-state index in [4.69, 9.17) is 10.5 Å². The van der Waals surface area contributed by atoms with Crippen molar-refractivity contribution in [3.05, 3.63) is 0 Å². The van der Waals surface area contributed by atoms with Gasteiger partial charge in [-0.05, 0) is 19.3 Å². The highest BCUT2D eigenvalue weighted by atomic mass is 16.3. The van der Waals surface area contributed by atoms with Crippen molar-refractivity contribution < 1.29 is 5.11 Å². The van der Waals surface area contributed by atoms with Gasteiger partial charge in [0.25, 0.3) is 0 Å². The van der Waals surface area contributed by atoms with Crippen molar-refractivity contribution in [2.24, 2.45) is 5.41 Å². The Morgan fingerprint density at radius 2 is 1.71 bits per heavy atom. The van der Waals surface area contributed by atoms with Crippen LogP contribution < -0.4 is 5.32 Å². The van der Waals surface area contributed by atoms with Crippen molar-refractivity contribution >= 4 is 0 Å². The number of rotatable bonds is 2. The van der Waals surface area contributed by atoms with Gasteiger partial charge in [-0.1, -0.05) is 19.3 Å². The number of hydrogen-bond acceptors (Lipinski definition) is 4. The van der Waals surface area contributed by atoms with Gasteiger partial charge >= 0.3 is 0 Å². The van der Waals surface area contributed by atoms with Crippen LogP contribution in [0.5, 0.6) is 0 Å². The molecule has 17 heavy (non-hydrogen) atoms. The predicted molar refractivity (Wildman–Crippen MR) is 62.7 cm³/mol. The Morgan fingerprint density at radius 3 is 2.24 bits per heavy atom. The van der Waals surface area contributed by atoms with E-state index in [0.717, 1.165) is 12.8 Å². The molecule has 0 aromatic rings. The highest BCUT2D eigenvalue weighted by Crippen LogP contribution is 2.38. The maximum absolute atomic E-state index is 9.95. The summed E-state index contributed by atoms with van der Waals surface area (Å²) in [6.07, 6.45) is 6.25. The highest BCUT2D eigenvalue weighted by Gasteiger charge is 2.46. The minimum absolute atomic E-state index is 0.0857. The maximum atomic E-state index is 9.95. The molecule has 0 aromatic carbocycles. The normalized spacial score (nSPS) is 32.9. The van der Waals surface area contributed by atoms with E-state index in [9.17, 15) is 5.11 Å². The molecule has 0 amide bonds. The van der Waals surface area contributed by atoms with E-state index in [1.54, 1.807) is 0 Å². The summed E-state index contributed by atoms with van der Waals surface area (Å²) in [6, 6.07) is 4.50. The Balaban J connectivity index is 1.94. The lowest BCUT2D eigenvalue weighted by molar-refractivity contribution is 0.136. The van der Waals surface area contributed by atoms with E-state index in [1.165, 1.54) is 19.3 Å². The number of nitriles is 2. The summed E-state index contributed by atoms with van der Waals surface area (Å²) >= 11 is 0. The molecule has 2 rings (SSSR count). The van der Waals surface area contributed by atoms with Crippen LogP contribution in [0.15, 0.2) is 0 Å². The van der Waals surface area contributed by atoms with Crippen LogP contribution in [0.4, 0.5) is 0 Å². The van der Waals surface area contributed by atoms with E-state index in [2.05, 4.69) is 17.5 Å². The first-order chi connectivity index (χ1) is 8.19. The van der Waals surface area contributed by atoms with E-state index in [0.29, 0.717) is 12.5 Å². The smallest absolute Gasteiger partial charge is 0.147 e. The highest BCUT2D eigenvalue weighted by molar-refractivity contribution is 5.20. The van der Waals surface area contributed by atoms with Gasteiger partial charge in [-0.3, -0.25) is 0 Å². The number of aliphatic hydroxyl groups is 1. The van der Waals surface area contributed by atoms with Gasteiger partial charge < -0.3 is 10.4 Å². The van der Waals surface area contributed by atoms with Gasteiger partial charge in [-0.2, -0.15) is 10.5 Å². The van der Waals surface area contributed by atoms with Gasteiger partial charge in [0.05, 0.1) is 18.2 Å². The van der Waals surface area contributed by atoms with Crippen LogP contribution in [0.25, 0.3) is 0 Å². The van der Waals surface area contributed by atoms with Crippen LogP contribution in [0.2, 0.25) is 0 Å². The number of aliphatic hydroxyl groups excluding tert-OH is 1. The van der Waals surface area contributed by atoms with Crippen LogP contribution in [0.3, 0.4) is 0 Å². The van der Waals surface area contributed by atoms with Gasteiger partial charge in [0.1, 0.15) is 5.41 Å². The maximum Gasteiger partial charge on any atom is 0.147 e. The molecule has 92 valence electrons. The summed E-state index contributed by atoms with van der Waals surface area (Å²) in [5, 5.41) is 31.5. The molecule has 0 radical (unpaired) electrons. The molecule has 0 heterocycles. The number of nitrogens with zero attached hydrogens (tertiary/aromatic N) is 2. The zero-order valence-corrected chi connectivity index (χ0v) is 10.0. The van der Waals surface area contributed by atoms with Crippen LogP contribution in [0.1, 0.15) is 44.9 Å². The fraction of sp³-hybridized carbons (Fsp3) is 0.846. The Bertz CT molecular complexity index is 335. The van der Waals surface area contributed by atoms with Gasteiger partial charge in [0.2, 0.25) is 0 Å². The summed E-state index contributed by atoms with van der Waals surface area (Å²) in [7, 11) is 0. The van der Waals surface area contributed by atoms with E-state index in [-0.39, 0.29) is 12.5 Å². The average Bonchev–Trinajstić information content (AvgIpc) is 2.68. The zero-order chi connectivity index (χ0) is 12.3. The van der Waals surface area contributed by atoms with Crippen molar-refractivity contribution in [1.82, 2.24) is 5.32 Å². The topological polar surface area (TPSA) is 79.8 Å². The molecule has 0 aromatic heterocycles. The van der Waals surface area contributed by atoms with Crippen molar-refractivity contribution in [2.75, 3.05) is 0 Å². The molecule has 2 N–H and O–H groups in total. The Hall–Kier alpha value is -1.10. The monoisotopic (exact) mass is 233 g/mol. The second-order valence-corrected chi connectivity index (χ2v) is 5.39. The first-order valence-electron chi connectivity index (χ1n) is 6.46. The van der Waals surface area contributed by atoms with Crippen molar-refractivity contribution in [3.63, 3.8) is 0 Å². The molecule has 0 aliphatic heterocycles. The second-order valence-electron chi connectivity index (χ2n) is 5.39. The van der Waals surface area contributed by atoms with Gasteiger partial charge in [-0.25, -0.2) is 0 Å². The van der Waals surface area contributed by atoms with Crippen LogP contribution >= 0.6 is 0 Å². The number of nitrogens with one attached hydrogen (secondary N) is 1. The Morgan fingerprint density at radius 1 is 1.06 bits per heavy atom. The molecule has 0 saturated heterocycles. The van der Waals surface area contributed by atoms with Crippen molar-refractivity contribution in [1.29, 1.82) is 10.5 Å². The van der Waals surface area contributed by atoms with Crippen LogP contribution in [0, 0.1) is 28.1 Å². The molecule has 4 heteroatoms. The van der Waals surface area contributed by atoms with Crippen molar-refractivity contribution in [3.8, 4) is 12.1 Å². The first-order valence-corrected chi connectivity index (χ1v) is 6.46.